The molecule has 3 aromatic heterocycles. The van der Waals surface area contributed by atoms with Gasteiger partial charge < -0.3 is 10.1 Å². The number of nitrogens with one attached hydrogen (secondary N) is 1. The molecule has 0 bridgehead atoms. The van der Waals surface area contributed by atoms with E-state index >= 15 is 0 Å². The van der Waals surface area contributed by atoms with Gasteiger partial charge in [0.2, 0.25) is 5.95 Å². The van der Waals surface area contributed by atoms with Crippen LogP contribution in [0.5, 0.6) is 0 Å². The van der Waals surface area contributed by atoms with Crippen molar-refractivity contribution < 1.29 is 9.53 Å². The molecule has 8 heteroatoms. The minimum Gasteiger partial charge on any atom is -0.465 e. The lowest BCUT2D eigenvalue weighted by atomic mass is 10.2. The molecule has 0 atom stereocenters. The molecule has 0 aliphatic carbocycles. The summed E-state index contributed by atoms with van der Waals surface area (Å²) in [5.74, 6) is 0.0898. The van der Waals surface area contributed by atoms with Crippen LogP contribution in [-0.2, 0) is 4.74 Å². The Morgan fingerprint density at radius 3 is 2.72 bits per heavy atom. The third-order valence-electron chi connectivity index (χ3n) is 3.65. The van der Waals surface area contributed by atoms with Gasteiger partial charge in [-0.2, -0.15) is 10.1 Å². The third kappa shape index (κ3) is 2.92. The normalized spacial score (nSPS) is 10.8. The number of rotatable bonds is 4. The van der Waals surface area contributed by atoms with Crippen molar-refractivity contribution in [2.24, 2.45) is 0 Å². The molecular formula is C17H14N6O2. The van der Waals surface area contributed by atoms with Gasteiger partial charge >= 0.3 is 5.97 Å². The van der Waals surface area contributed by atoms with Crippen LogP contribution in [0, 0.1) is 0 Å². The van der Waals surface area contributed by atoms with E-state index in [1.807, 2.05) is 30.6 Å². The monoisotopic (exact) mass is 334 g/mol. The van der Waals surface area contributed by atoms with Gasteiger partial charge in [0.25, 0.3) is 0 Å². The van der Waals surface area contributed by atoms with Gasteiger partial charge in [-0.1, -0.05) is 0 Å². The Bertz CT molecular complexity index is 1020. The summed E-state index contributed by atoms with van der Waals surface area (Å²) in [6.45, 7) is 0. The van der Waals surface area contributed by atoms with Crippen LogP contribution in [0.3, 0.4) is 0 Å². The average Bonchev–Trinajstić information content (AvgIpc) is 3.30. The van der Waals surface area contributed by atoms with Crippen LogP contribution < -0.4 is 5.32 Å². The number of fused-ring (bicyclic) bond motifs is 1. The summed E-state index contributed by atoms with van der Waals surface area (Å²) in [5, 5.41) is 11.7. The van der Waals surface area contributed by atoms with E-state index in [2.05, 4.69) is 25.2 Å². The topological polar surface area (TPSA) is 86.3 Å². The Hall–Kier alpha value is -3.68. The van der Waals surface area contributed by atoms with E-state index in [-0.39, 0.29) is 5.97 Å². The number of ether oxygens (including phenoxy) is 1. The standard InChI is InChI=1S/C17H14N6O2/c1-25-16(24)12-3-5-13(6-4-12)19-17-20-15-11-14(7-10-23(15)21-17)22-9-2-8-18-22/h2-11H,1H3,(H,19,21). The van der Waals surface area contributed by atoms with Crippen molar-refractivity contribution in [1.82, 2.24) is 24.4 Å². The van der Waals surface area contributed by atoms with Crippen LogP contribution in [0.1, 0.15) is 10.4 Å². The molecule has 0 unspecified atom stereocenters. The van der Waals surface area contributed by atoms with Gasteiger partial charge in [0, 0.05) is 30.3 Å². The van der Waals surface area contributed by atoms with E-state index in [1.54, 1.807) is 39.7 Å². The minimum atomic E-state index is -0.372. The summed E-state index contributed by atoms with van der Waals surface area (Å²) >= 11 is 0. The van der Waals surface area contributed by atoms with E-state index in [1.165, 1.54) is 7.11 Å². The largest absolute Gasteiger partial charge is 0.465 e. The highest BCUT2D eigenvalue weighted by Gasteiger charge is 2.08. The van der Waals surface area contributed by atoms with E-state index in [4.69, 9.17) is 0 Å². The van der Waals surface area contributed by atoms with E-state index in [0.29, 0.717) is 17.2 Å². The van der Waals surface area contributed by atoms with Gasteiger partial charge in [-0.25, -0.2) is 14.0 Å². The molecule has 124 valence electrons. The first kappa shape index (κ1) is 14.9. The number of esters is 1. The van der Waals surface area contributed by atoms with Gasteiger partial charge in [-0.15, -0.1) is 5.10 Å². The Labute approximate surface area is 142 Å². The molecule has 0 spiro atoms. The number of methoxy groups -OCH3 is 1. The molecule has 25 heavy (non-hydrogen) atoms. The number of anilines is 2. The second-order valence-electron chi connectivity index (χ2n) is 5.27. The average molecular weight is 334 g/mol. The molecule has 0 radical (unpaired) electrons. The van der Waals surface area contributed by atoms with Gasteiger partial charge in [0.1, 0.15) is 0 Å². The Kier molecular flexibility index (Phi) is 3.62. The smallest absolute Gasteiger partial charge is 0.337 e. The molecule has 1 N–H and O–H groups in total. The molecule has 8 nitrogen and oxygen atoms in total. The summed E-state index contributed by atoms with van der Waals surface area (Å²) in [6, 6.07) is 12.6. The Balaban J connectivity index is 1.58. The summed E-state index contributed by atoms with van der Waals surface area (Å²) < 4.78 is 8.12. The van der Waals surface area contributed by atoms with Crippen molar-refractivity contribution >= 4 is 23.3 Å². The summed E-state index contributed by atoms with van der Waals surface area (Å²) in [6.07, 6.45) is 5.41. The molecule has 3 heterocycles. The van der Waals surface area contributed by atoms with Crippen LogP contribution in [-0.4, -0.2) is 37.5 Å². The van der Waals surface area contributed by atoms with Crippen molar-refractivity contribution in [1.29, 1.82) is 0 Å². The number of hydrogen-bond donors (Lipinski definition) is 1. The predicted molar refractivity (Wildman–Crippen MR) is 91.2 cm³/mol. The molecule has 0 amide bonds. The van der Waals surface area contributed by atoms with Crippen molar-refractivity contribution in [3.05, 3.63) is 66.6 Å². The predicted octanol–water partition coefficient (Wildman–Crippen LogP) is 2.45. The molecule has 0 aliphatic rings. The molecular weight excluding hydrogens is 320 g/mol. The minimum absolute atomic E-state index is 0.372. The van der Waals surface area contributed by atoms with Crippen LogP contribution >= 0.6 is 0 Å². The summed E-state index contributed by atoms with van der Waals surface area (Å²) in [4.78, 5) is 15.9. The van der Waals surface area contributed by atoms with Crippen LogP contribution in [0.15, 0.2) is 61.1 Å². The number of carbonyl (C=O) groups is 1. The van der Waals surface area contributed by atoms with E-state index < -0.39 is 0 Å². The zero-order valence-electron chi connectivity index (χ0n) is 13.3. The molecule has 0 aliphatic heterocycles. The third-order valence-corrected chi connectivity index (χ3v) is 3.65. The SMILES string of the molecule is COC(=O)c1ccc(Nc2nc3cc(-n4cccn4)ccn3n2)cc1. The van der Waals surface area contributed by atoms with Crippen LogP contribution in [0.25, 0.3) is 11.3 Å². The molecule has 0 saturated heterocycles. The number of aromatic nitrogens is 5. The quantitative estimate of drug-likeness (QED) is 0.577. The van der Waals surface area contributed by atoms with Gasteiger partial charge in [0.05, 0.1) is 18.4 Å². The summed E-state index contributed by atoms with van der Waals surface area (Å²) in [7, 11) is 1.35. The van der Waals surface area contributed by atoms with Gasteiger partial charge in [0.15, 0.2) is 5.65 Å². The number of carbonyl (C=O) groups excluding carboxylic acids is 1. The van der Waals surface area contributed by atoms with Crippen LogP contribution in [0.4, 0.5) is 11.6 Å². The lowest BCUT2D eigenvalue weighted by molar-refractivity contribution is 0.0601. The fourth-order valence-corrected chi connectivity index (χ4v) is 2.42. The fraction of sp³-hybridized carbons (Fsp3) is 0.0588. The van der Waals surface area contributed by atoms with E-state index in [9.17, 15) is 4.79 Å². The van der Waals surface area contributed by atoms with Crippen LogP contribution in [0.2, 0.25) is 0 Å². The van der Waals surface area contributed by atoms with E-state index in [0.717, 1.165) is 11.4 Å². The first-order valence-corrected chi connectivity index (χ1v) is 7.55. The Morgan fingerprint density at radius 2 is 2.00 bits per heavy atom. The molecule has 0 fully saturated rings. The second-order valence-corrected chi connectivity index (χ2v) is 5.27. The lowest BCUT2D eigenvalue weighted by Gasteiger charge is -2.03. The maximum absolute atomic E-state index is 11.5. The highest BCUT2D eigenvalue weighted by atomic mass is 16.5. The number of hydrogen-bond acceptors (Lipinski definition) is 6. The first-order chi connectivity index (χ1) is 12.2. The van der Waals surface area contributed by atoms with Crippen molar-refractivity contribution in [2.45, 2.75) is 0 Å². The van der Waals surface area contributed by atoms with Gasteiger partial charge in [-0.3, -0.25) is 0 Å². The lowest BCUT2D eigenvalue weighted by Crippen LogP contribution is -2.01. The summed E-state index contributed by atoms with van der Waals surface area (Å²) in [5.41, 5.74) is 2.86. The zero-order chi connectivity index (χ0) is 17.2. The molecule has 4 aromatic rings. The van der Waals surface area contributed by atoms with Crippen molar-refractivity contribution in [3.63, 3.8) is 0 Å². The molecule has 4 rings (SSSR count). The zero-order valence-corrected chi connectivity index (χ0v) is 13.3. The fourth-order valence-electron chi connectivity index (χ4n) is 2.42. The number of pyridine rings is 1. The van der Waals surface area contributed by atoms with Gasteiger partial charge in [-0.05, 0) is 36.4 Å². The highest BCUT2D eigenvalue weighted by molar-refractivity contribution is 5.89. The maximum atomic E-state index is 11.5. The molecule has 1 aromatic carbocycles. The Morgan fingerprint density at radius 1 is 1.16 bits per heavy atom. The van der Waals surface area contributed by atoms with Crippen molar-refractivity contribution in [3.8, 4) is 5.69 Å². The highest BCUT2D eigenvalue weighted by Crippen LogP contribution is 2.17. The number of benzene rings is 1. The first-order valence-electron chi connectivity index (χ1n) is 7.55. The maximum Gasteiger partial charge on any atom is 0.337 e. The van der Waals surface area contributed by atoms with Crippen molar-refractivity contribution in [2.75, 3.05) is 12.4 Å². The second kappa shape index (κ2) is 6.08. The molecule has 0 saturated carbocycles. The number of nitrogens with zero attached hydrogens (tertiary/aromatic N) is 5.